The number of aromatic nitrogens is 3. The van der Waals surface area contributed by atoms with Gasteiger partial charge < -0.3 is 5.73 Å². The number of anilines is 1. The molecule has 2 heterocycles. The molecular weight excluding hydrogens is 188 g/mol. The molecule has 6 heteroatoms. The summed E-state index contributed by atoms with van der Waals surface area (Å²) in [7, 11) is 0. The average molecular weight is 194 g/mol. The standard InChI is InChI=1S/C7H6N4OS/c8-6-4(1-10-11-7(6)12)5-2-13-3-9-5/h1-3H,(H2,8,10)(H,11,12). The number of nitrogens with zero attached hydrogens (tertiary/aromatic N) is 2. The van der Waals surface area contributed by atoms with Gasteiger partial charge in [-0.05, 0) is 0 Å². The number of hydrogen-bond acceptors (Lipinski definition) is 5. The molecule has 0 bridgehead atoms. The predicted molar refractivity (Wildman–Crippen MR) is 50.4 cm³/mol. The molecule has 3 N–H and O–H groups in total. The van der Waals surface area contributed by atoms with Crippen LogP contribution in [0.5, 0.6) is 0 Å². The van der Waals surface area contributed by atoms with Crippen molar-refractivity contribution in [2.24, 2.45) is 0 Å². The monoisotopic (exact) mass is 194 g/mol. The maximum atomic E-state index is 11.1. The van der Waals surface area contributed by atoms with Gasteiger partial charge in [0.2, 0.25) is 0 Å². The Morgan fingerprint density at radius 1 is 1.54 bits per heavy atom. The van der Waals surface area contributed by atoms with Crippen LogP contribution in [0.15, 0.2) is 21.9 Å². The summed E-state index contributed by atoms with van der Waals surface area (Å²) >= 11 is 1.44. The van der Waals surface area contributed by atoms with E-state index in [1.807, 2.05) is 5.38 Å². The molecule has 0 radical (unpaired) electrons. The number of aromatic amines is 1. The predicted octanol–water partition coefficient (Wildman–Crippen LogP) is 0.476. The molecule has 0 aromatic carbocycles. The molecule has 0 fully saturated rings. The van der Waals surface area contributed by atoms with Crippen molar-refractivity contribution in [3.05, 3.63) is 27.4 Å². The summed E-state index contributed by atoms with van der Waals surface area (Å²) < 4.78 is 0. The fourth-order valence-corrected chi connectivity index (χ4v) is 1.51. The lowest BCUT2D eigenvalue weighted by Gasteiger charge is -1.98. The Hall–Kier alpha value is -1.69. The quantitative estimate of drug-likeness (QED) is 0.691. The van der Waals surface area contributed by atoms with E-state index >= 15 is 0 Å². The van der Waals surface area contributed by atoms with E-state index in [4.69, 9.17) is 5.73 Å². The van der Waals surface area contributed by atoms with Gasteiger partial charge in [0.25, 0.3) is 5.56 Å². The Labute approximate surface area is 77.3 Å². The van der Waals surface area contributed by atoms with Crippen LogP contribution in [-0.2, 0) is 0 Å². The number of thiazole rings is 1. The minimum atomic E-state index is -0.384. The Morgan fingerprint density at radius 2 is 2.38 bits per heavy atom. The first-order valence-electron chi connectivity index (χ1n) is 3.51. The summed E-state index contributed by atoms with van der Waals surface area (Å²) in [5.74, 6) is 0. The zero-order valence-electron chi connectivity index (χ0n) is 6.52. The molecule has 0 aliphatic rings. The molecule has 0 saturated heterocycles. The average Bonchev–Trinajstić information content (AvgIpc) is 2.62. The Balaban J connectivity index is 2.66. The molecule has 13 heavy (non-hydrogen) atoms. The van der Waals surface area contributed by atoms with Gasteiger partial charge >= 0.3 is 0 Å². The van der Waals surface area contributed by atoms with Crippen molar-refractivity contribution in [2.45, 2.75) is 0 Å². The summed E-state index contributed by atoms with van der Waals surface area (Å²) in [5.41, 5.74) is 8.26. The van der Waals surface area contributed by atoms with Gasteiger partial charge in [0.1, 0.15) is 5.69 Å². The van der Waals surface area contributed by atoms with E-state index in [2.05, 4.69) is 15.2 Å². The molecule has 0 aliphatic carbocycles. The lowest BCUT2D eigenvalue weighted by Crippen LogP contribution is -2.14. The van der Waals surface area contributed by atoms with Gasteiger partial charge in [-0.1, -0.05) is 0 Å². The zero-order chi connectivity index (χ0) is 9.26. The lowest BCUT2D eigenvalue weighted by molar-refractivity contribution is 0.994. The highest BCUT2D eigenvalue weighted by Gasteiger charge is 2.07. The van der Waals surface area contributed by atoms with Crippen molar-refractivity contribution in [2.75, 3.05) is 5.73 Å². The summed E-state index contributed by atoms with van der Waals surface area (Å²) in [4.78, 5) is 15.1. The van der Waals surface area contributed by atoms with Crippen LogP contribution in [0.2, 0.25) is 0 Å². The smallest absolute Gasteiger partial charge is 0.287 e. The van der Waals surface area contributed by atoms with Gasteiger partial charge in [0, 0.05) is 10.9 Å². The molecule has 0 aliphatic heterocycles. The number of hydrogen-bond donors (Lipinski definition) is 2. The third-order valence-electron chi connectivity index (χ3n) is 1.60. The molecule has 2 aromatic rings. The molecule has 0 atom stereocenters. The zero-order valence-corrected chi connectivity index (χ0v) is 7.34. The number of rotatable bonds is 1. The molecular formula is C7H6N4OS. The molecule has 0 unspecified atom stereocenters. The highest BCUT2D eigenvalue weighted by molar-refractivity contribution is 7.07. The second kappa shape index (κ2) is 2.98. The van der Waals surface area contributed by atoms with E-state index in [0.29, 0.717) is 11.3 Å². The van der Waals surface area contributed by atoms with Crippen LogP contribution in [0.25, 0.3) is 11.3 Å². The van der Waals surface area contributed by atoms with E-state index in [1.165, 1.54) is 17.5 Å². The second-order valence-electron chi connectivity index (χ2n) is 2.40. The molecule has 0 saturated carbocycles. The summed E-state index contributed by atoms with van der Waals surface area (Å²) in [6, 6.07) is 0. The highest BCUT2D eigenvalue weighted by atomic mass is 32.1. The van der Waals surface area contributed by atoms with E-state index in [0.717, 1.165) is 0 Å². The largest absolute Gasteiger partial charge is 0.394 e. The van der Waals surface area contributed by atoms with Gasteiger partial charge in [0.05, 0.1) is 17.4 Å². The van der Waals surface area contributed by atoms with Crippen LogP contribution in [0, 0.1) is 0 Å². The molecule has 5 nitrogen and oxygen atoms in total. The van der Waals surface area contributed by atoms with Crippen LogP contribution in [-0.4, -0.2) is 15.2 Å². The first-order valence-corrected chi connectivity index (χ1v) is 4.45. The first-order chi connectivity index (χ1) is 6.29. The Bertz CT molecular complexity index is 462. The number of H-pyrrole nitrogens is 1. The van der Waals surface area contributed by atoms with Crippen LogP contribution in [0.4, 0.5) is 5.69 Å². The second-order valence-corrected chi connectivity index (χ2v) is 3.12. The van der Waals surface area contributed by atoms with E-state index in [1.54, 1.807) is 5.51 Å². The summed E-state index contributed by atoms with van der Waals surface area (Å²) in [6.45, 7) is 0. The van der Waals surface area contributed by atoms with Crippen LogP contribution in [0.1, 0.15) is 0 Å². The summed E-state index contributed by atoms with van der Waals surface area (Å²) in [6.07, 6.45) is 1.49. The number of nitrogens with two attached hydrogens (primary N) is 1. The van der Waals surface area contributed by atoms with Gasteiger partial charge in [-0.25, -0.2) is 10.1 Å². The maximum Gasteiger partial charge on any atom is 0.287 e. The van der Waals surface area contributed by atoms with Crippen molar-refractivity contribution in [3.8, 4) is 11.3 Å². The van der Waals surface area contributed by atoms with E-state index < -0.39 is 0 Å². The minimum Gasteiger partial charge on any atom is -0.394 e. The third kappa shape index (κ3) is 1.31. The van der Waals surface area contributed by atoms with Gasteiger partial charge in [-0.2, -0.15) is 5.10 Å². The van der Waals surface area contributed by atoms with Crippen LogP contribution < -0.4 is 11.3 Å². The fourth-order valence-electron chi connectivity index (χ4n) is 0.957. The summed E-state index contributed by atoms with van der Waals surface area (Å²) in [5, 5.41) is 7.71. The number of nitrogen functional groups attached to an aromatic ring is 1. The molecule has 0 spiro atoms. The lowest BCUT2D eigenvalue weighted by atomic mass is 10.2. The molecule has 66 valence electrons. The number of nitrogens with one attached hydrogen (secondary N) is 1. The van der Waals surface area contributed by atoms with Gasteiger partial charge in [-0.15, -0.1) is 11.3 Å². The van der Waals surface area contributed by atoms with Crippen molar-refractivity contribution in [1.82, 2.24) is 15.2 Å². The minimum absolute atomic E-state index is 0.154. The maximum absolute atomic E-state index is 11.1. The SMILES string of the molecule is Nc1c(-c2cscn2)cn[nH]c1=O. The third-order valence-corrected chi connectivity index (χ3v) is 2.19. The topological polar surface area (TPSA) is 84.7 Å². The van der Waals surface area contributed by atoms with Crippen molar-refractivity contribution in [3.63, 3.8) is 0 Å². The fraction of sp³-hybridized carbons (Fsp3) is 0. The highest BCUT2D eigenvalue weighted by Crippen LogP contribution is 2.20. The normalized spacial score (nSPS) is 10.2. The molecule has 0 amide bonds. The van der Waals surface area contributed by atoms with Crippen molar-refractivity contribution >= 4 is 17.0 Å². The van der Waals surface area contributed by atoms with E-state index in [-0.39, 0.29) is 11.2 Å². The molecule has 2 rings (SSSR count). The Morgan fingerprint density at radius 3 is 3.08 bits per heavy atom. The first kappa shape index (κ1) is 7.93. The van der Waals surface area contributed by atoms with Gasteiger partial charge in [-0.3, -0.25) is 4.79 Å². The van der Waals surface area contributed by atoms with E-state index in [9.17, 15) is 4.79 Å². The van der Waals surface area contributed by atoms with Crippen LogP contribution >= 0.6 is 11.3 Å². The Kier molecular flexibility index (Phi) is 1.82. The molecule has 2 aromatic heterocycles. The van der Waals surface area contributed by atoms with Gasteiger partial charge in [0.15, 0.2) is 0 Å². The van der Waals surface area contributed by atoms with Crippen molar-refractivity contribution < 1.29 is 0 Å². The van der Waals surface area contributed by atoms with Crippen LogP contribution in [0.3, 0.4) is 0 Å². The van der Waals surface area contributed by atoms with Crippen molar-refractivity contribution in [1.29, 1.82) is 0 Å².